The van der Waals surface area contributed by atoms with Crippen molar-refractivity contribution < 1.29 is 0 Å². The highest BCUT2D eigenvalue weighted by atomic mass is 15.2. The Morgan fingerprint density at radius 1 is 0.438 bits per heavy atom. The van der Waals surface area contributed by atoms with Crippen molar-refractivity contribution in [2.45, 2.75) is 6.92 Å². The first kappa shape index (κ1) is 37.2. The van der Waals surface area contributed by atoms with E-state index in [-0.39, 0.29) is 0 Å². The van der Waals surface area contributed by atoms with Crippen molar-refractivity contribution in [1.82, 2.24) is 28.7 Å². The first-order valence-corrected chi connectivity index (χ1v) is 21.6. The van der Waals surface area contributed by atoms with Crippen LogP contribution in [0.3, 0.4) is 0 Å². The molecule has 0 amide bonds. The summed E-state index contributed by atoms with van der Waals surface area (Å²) in [6, 6.07) is 68.4. The molecule has 0 saturated carbocycles. The topological polar surface area (TPSA) is 53.5 Å². The summed E-state index contributed by atoms with van der Waals surface area (Å²) in [5.41, 5.74) is 13.9. The summed E-state index contributed by atoms with van der Waals surface area (Å²) >= 11 is 0. The average Bonchev–Trinajstić information content (AvgIpc) is 3.98. The van der Waals surface area contributed by atoms with Crippen LogP contribution >= 0.6 is 0 Å². The van der Waals surface area contributed by atoms with E-state index in [9.17, 15) is 0 Å². The molecule has 0 radical (unpaired) electrons. The Balaban J connectivity index is 1.18. The molecule has 0 aliphatic carbocycles. The number of allylic oxidation sites excluding steroid dienone is 2. The van der Waals surface area contributed by atoms with Gasteiger partial charge in [-0.25, -0.2) is 4.98 Å². The highest BCUT2D eigenvalue weighted by molar-refractivity contribution is 6.20. The summed E-state index contributed by atoms with van der Waals surface area (Å²) in [7, 11) is 0. The first-order valence-electron chi connectivity index (χ1n) is 21.6. The fourth-order valence-corrected chi connectivity index (χ4v) is 9.68. The molecule has 0 atom stereocenters. The fourth-order valence-electron chi connectivity index (χ4n) is 9.68. The smallest absolute Gasteiger partial charge is 0.238 e. The van der Waals surface area contributed by atoms with E-state index in [0.29, 0.717) is 17.6 Å². The second kappa shape index (κ2) is 15.1. The highest BCUT2D eigenvalue weighted by Crippen LogP contribution is 2.43. The molecule has 8 aromatic carbocycles. The summed E-state index contributed by atoms with van der Waals surface area (Å²) in [5.74, 6) is 1.72. The van der Waals surface area contributed by atoms with Gasteiger partial charge < -0.3 is 9.13 Å². The largest absolute Gasteiger partial charge is 0.311 e. The number of hydrogen-bond acceptors (Lipinski definition) is 3. The van der Waals surface area contributed by atoms with E-state index >= 15 is 0 Å². The Hall–Kier alpha value is -8.61. The van der Waals surface area contributed by atoms with Crippen LogP contribution in [0.2, 0.25) is 0 Å². The molecular weight excluding hydrogens is 781 g/mol. The SMILES string of the molecule is C=C/C=C\c1c(C)n(-c2ccccc2)c2c1ccc1c3ccccc3n(-c3nc(-c4ccccc4)nc(-c4ccc5c6c(-c7ccccc7)cccc6n(-c6ccccc6)c5c4)n3)c12. The maximum Gasteiger partial charge on any atom is 0.238 e. The maximum absolute atomic E-state index is 5.48. The van der Waals surface area contributed by atoms with Gasteiger partial charge in [0.15, 0.2) is 11.6 Å². The average molecular weight is 821 g/mol. The minimum atomic E-state index is 0.541. The summed E-state index contributed by atoms with van der Waals surface area (Å²) < 4.78 is 6.98. The van der Waals surface area contributed by atoms with E-state index in [4.69, 9.17) is 15.0 Å². The zero-order valence-corrected chi connectivity index (χ0v) is 35.1. The summed E-state index contributed by atoms with van der Waals surface area (Å²) in [5, 5.41) is 5.72. The zero-order valence-electron chi connectivity index (χ0n) is 35.1. The van der Waals surface area contributed by atoms with Crippen molar-refractivity contribution >= 4 is 60.6 Å². The minimum Gasteiger partial charge on any atom is -0.311 e. The molecule has 4 heterocycles. The molecule has 0 unspecified atom stereocenters. The van der Waals surface area contributed by atoms with Crippen molar-refractivity contribution in [2.24, 2.45) is 0 Å². The second-order valence-corrected chi connectivity index (χ2v) is 16.1. The normalized spacial score (nSPS) is 11.8. The number of nitrogens with zero attached hydrogens (tertiary/aromatic N) is 6. The summed E-state index contributed by atoms with van der Waals surface area (Å²) in [6.07, 6.45) is 6.00. The lowest BCUT2D eigenvalue weighted by atomic mass is 9.99. The van der Waals surface area contributed by atoms with Crippen LogP contribution in [0.1, 0.15) is 11.3 Å². The predicted molar refractivity (Wildman–Crippen MR) is 266 cm³/mol. The molecule has 0 aliphatic rings. The van der Waals surface area contributed by atoms with E-state index in [0.717, 1.165) is 82.9 Å². The molecule has 0 fully saturated rings. The van der Waals surface area contributed by atoms with E-state index in [1.165, 1.54) is 16.5 Å². The van der Waals surface area contributed by atoms with E-state index in [1.807, 2.05) is 30.4 Å². The predicted octanol–water partition coefficient (Wildman–Crippen LogP) is 14.5. The van der Waals surface area contributed by atoms with Gasteiger partial charge in [0.2, 0.25) is 5.95 Å². The Bertz CT molecular complexity index is 3780. The fraction of sp³-hybridized carbons (Fsp3) is 0.0172. The van der Waals surface area contributed by atoms with E-state index in [2.05, 4.69) is 209 Å². The molecule has 4 aromatic heterocycles. The lowest BCUT2D eigenvalue weighted by molar-refractivity contribution is 0.951. The third-order valence-electron chi connectivity index (χ3n) is 12.5. The Morgan fingerprint density at radius 2 is 1.02 bits per heavy atom. The number of benzene rings is 8. The summed E-state index contributed by atoms with van der Waals surface area (Å²) in [4.78, 5) is 16.1. The van der Waals surface area contributed by atoms with Crippen molar-refractivity contribution in [3.8, 4) is 51.2 Å². The standard InChI is InChI=1S/C58H40N6/c1-3-4-28-44-38(2)62(42-24-13-7-14-25-42)54-47(44)35-36-48-46-29-17-18-31-50(46)64(55(48)54)58-60-56(40-22-11-6-12-23-40)59-57(61-58)41-33-34-49-52(37-41)63(43-26-15-8-16-27-43)51-32-19-30-45(53(49)51)39-20-9-5-10-21-39/h3-37H,1H2,2H3/b28-4-. The van der Waals surface area contributed by atoms with Crippen LogP contribution in [0.25, 0.3) is 112 Å². The number of aromatic nitrogens is 6. The third kappa shape index (κ3) is 5.84. The quantitative estimate of drug-likeness (QED) is 0.144. The van der Waals surface area contributed by atoms with Gasteiger partial charge in [0.25, 0.3) is 0 Å². The number of fused-ring (bicyclic) bond motifs is 8. The molecular formula is C58H40N6. The lowest BCUT2D eigenvalue weighted by Gasteiger charge is -2.14. The molecule has 0 aliphatic heterocycles. The Kier molecular flexibility index (Phi) is 8.76. The molecule has 6 nitrogen and oxygen atoms in total. The van der Waals surface area contributed by atoms with Crippen LogP contribution in [0, 0.1) is 6.92 Å². The van der Waals surface area contributed by atoms with Gasteiger partial charge in [0.05, 0.1) is 27.6 Å². The van der Waals surface area contributed by atoms with E-state index in [1.54, 1.807) is 0 Å². The van der Waals surface area contributed by atoms with Gasteiger partial charge in [-0.1, -0.05) is 176 Å². The van der Waals surface area contributed by atoms with Gasteiger partial charge in [-0.15, -0.1) is 0 Å². The van der Waals surface area contributed by atoms with Crippen LogP contribution < -0.4 is 0 Å². The van der Waals surface area contributed by atoms with Crippen molar-refractivity contribution in [1.29, 1.82) is 0 Å². The van der Waals surface area contributed by atoms with Gasteiger partial charge >= 0.3 is 0 Å². The van der Waals surface area contributed by atoms with E-state index < -0.39 is 0 Å². The monoisotopic (exact) mass is 820 g/mol. The molecule has 12 aromatic rings. The lowest BCUT2D eigenvalue weighted by Crippen LogP contribution is -2.07. The first-order chi connectivity index (χ1) is 31.7. The second-order valence-electron chi connectivity index (χ2n) is 16.1. The van der Waals surface area contributed by atoms with Gasteiger partial charge in [0.1, 0.15) is 0 Å². The molecule has 0 N–H and O–H groups in total. The van der Waals surface area contributed by atoms with Crippen LogP contribution in [0.5, 0.6) is 0 Å². The van der Waals surface area contributed by atoms with Crippen molar-refractivity contribution in [3.63, 3.8) is 0 Å². The number of rotatable bonds is 8. The van der Waals surface area contributed by atoms with Crippen molar-refractivity contribution in [3.05, 3.63) is 224 Å². The van der Waals surface area contributed by atoms with Crippen LogP contribution in [-0.4, -0.2) is 28.7 Å². The van der Waals surface area contributed by atoms with Gasteiger partial charge in [-0.05, 0) is 60.5 Å². The highest BCUT2D eigenvalue weighted by Gasteiger charge is 2.25. The Morgan fingerprint density at radius 3 is 1.73 bits per heavy atom. The third-order valence-corrected chi connectivity index (χ3v) is 12.5. The molecule has 6 heteroatoms. The number of hydrogen-bond donors (Lipinski definition) is 0. The number of para-hydroxylation sites is 3. The minimum absolute atomic E-state index is 0.541. The van der Waals surface area contributed by atoms with Crippen LogP contribution in [0.15, 0.2) is 213 Å². The molecule has 64 heavy (non-hydrogen) atoms. The van der Waals surface area contributed by atoms with Gasteiger partial charge in [-0.3, -0.25) is 4.57 Å². The van der Waals surface area contributed by atoms with Gasteiger partial charge in [-0.2, -0.15) is 9.97 Å². The maximum atomic E-state index is 5.48. The molecule has 0 bridgehead atoms. The molecule has 12 rings (SSSR count). The molecule has 302 valence electrons. The van der Waals surface area contributed by atoms with Crippen LogP contribution in [-0.2, 0) is 0 Å². The summed E-state index contributed by atoms with van der Waals surface area (Å²) in [6.45, 7) is 6.18. The molecule has 0 spiro atoms. The van der Waals surface area contributed by atoms with Gasteiger partial charge in [0, 0.05) is 60.7 Å². The Labute approximate surface area is 370 Å². The van der Waals surface area contributed by atoms with Crippen molar-refractivity contribution in [2.75, 3.05) is 0 Å². The van der Waals surface area contributed by atoms with Crippen LogP contribution in [0.4, 0.5) is 0 Å². The zero-order chi connectivity index (χ0) is 42.7. The molecule has 0 saturated heterocycles.